The smallest absolute Gasteiger partial charge is 0.287 e. The number of fused-ring (bicyclic) bond motifs is 1. The second kappa shape index (κ2) is 6.66. The predicted octanol–water partition coefficient (Wildman–Crippen LogP) is 1.58. The van der Waals surface area contributed by atoms with E-state index in [4.69, 9.17) is 9.15 Å². The maximum atomic E-state index is 12.2. The third-order valence-electron chi connectivity index (χ3n) is 3.76. The van der Waals surface area contributed by atoms with Crippen molar-refractivity contribution in [1.82, 2.24) is 10.2 Å². The second-order valence-electron chi connectivity index (χ2n) is 5.34. The molecule has 1 unspecified atom stereocenters. The maximum absolute atomic E-state index is 12.2. The van der Waals surface area contributed by atoms with Gasteiger partial charge in [0, 0.05) is 25.0 Å². The van der Waals surface area contributed by atoms with E-state index in [1.807, 2.05) is 24.3 Å². The fourth-order valence-electron chi connectivity index (χ4n) is 2.56. The van der Waals surface area contributed by atoms with E-state index in [1.54, 1.807) is 11.0 Å². The Morgan fingerprint density at radius 2 is 2.22 bits per heavy atom. The van der Waals surface area contributed by atoms with E-state index in [9.17, 15) is 9.59 Å². The first kappa shape index (κ1) is 15.3. The van der Waals surface area contributed by atoms with Gasteiger partial charge in [0.2, 0.25) is 5.91 Å². The molecule has 0 radical (unpaired) electrons. The maximum Gasteiger partial charge on any atom is 0.287 e. The Bertz CT molecular complexity index is 704. The van der Waals surface area contributed by atoms with Crippen LogP contribution in [-0.2, 0) is 9.53 Å². The van der Waals surface area contributed by atoms with Gasteiger partial charge < -0.3 is 19.4 Å². The number of para-hydroxylation sites is 1. The summed E-state index contributed by atoms with van der Waals surface area (Å²) in [6.07, 6.45) is 1.05. The summed E-state index contributed by atoms with van der Waals surface area (Å²) in [5.41, 5.74) is 0.675. The number of benzene rings is 1. The van der Waals surface area contributed by atoms with Crippen molar-refractivity contribution < 1.29 is 18.7 Å². The zero-order valence-corrected chi connectivity index (χ0v) is 12.7. The number of carbonyl (C=O) groups excluding carboxylic acids is 2. The molecule has 1 N–H and O–H groups in total. The van der Waals surface area contributed by atoms with Gasteiger partial charge in [0.1, 0.15) is 5.58 Å². The molecule has 2 heterocycles. The summed E-state index contributed by atoms with van der Waals surface area (Å²) in [4.78, 5) is 25.5. The van der Waals surface area contributed by atoms with Crippen molar-refractivity contribution in [2.45, 2.75) is 6.10 Å². The Hall–Kier alpha value is -2.60. The zero-order valence-electron chi connectivity index (χ0n) is 12.7. The van der Waals surface area contributed by atoms with E-state index in [1.165, 1.54) is 6.08 Å². The summed E-state index contributed by atoms with van der Waals surface area (Å²) >= 11 is 0. The Kier molecular flexibility index (Phi) is 4.43. The van der Waals surface area contributed by atoms with Crippen LogP contribution in [0.4, 0.5) is 0 Å². The van der Waals surface area contributed by atoms with Crippen LogP contribution in [0.3, 0.4) is 0 Å². The van der Waals surface area contributed by atoms with E-state index >= 15 is 0 Å². The molecule has 120 valence electrons. The van der Waals surface area contributed by atoms with Crippen molar-refractivity contribution >= 4 is 22.8 Å². The second-order valence-corrected chi connectivity index (χ2v) is 5.34. The van der Waals surface area contributed by atoms with E-state index < -0.39 is 0 Å². The average Bonchev–Trinajstić information content (AvgIpc) is 3.03. The van der Waals surface area contributed by atoms with Gasteiger partial charge in [-0.3, -0.25) is 9.59 Å². The summed E-state index contributed by atoms with van der Waals surface area (Å²) in [5.74, 6) is -0.153. The summed E-state index contributed by atoms with van der Waals surface area (Å²) in [6.45, 7) is 5.22. The summed E-state index contributed by atoms with van der Waals surface area (Å²) < 4.78 is 11.1. The van der Waals surface area contributed by atoms with Gasteiger partial charge in [-0.15, -0.1) is 0 Å². The van der Waals surface area contributed by atoms with Crippen LogP contribution >= 0.6 is 0 Å². The molecule has 1 aliphatic rings. The highest BCUT2D eigenvalue weighted by atomic mass is 16.5. The van der Waals surface area contributed by atoms with Gasteiger partial charge in [0.15, 0.2) is 5.76 Å². The Morgan fingerprint density at radius 3 is 3.00 bits per heavy atom. The van der Waals surface area contributed by atoms with Crippen molar-refractivity contribution in [3.63, 3.8) is 0 Å². The molecule has 6 heteroatoms. The molecular formula is C17H18N2O4. The number of amides is 2. The van der Waals surface area contributed by atoms with Crippen LogP contribution in [0.25, 0.3) is 11.0 Å². The third kappa shape index (κ3) is 3.43. The first-order valence-corrected chi connectivity index (χ1v) is 7.47. The highest BCUT2D eigenvalue weighted by molar-refractivity contribution is 5.96. The highest BCUT2D eigenvalue weighted by Crippen LogP contribution is 2.18. The topological polar surface area (TPSA) is 71.8 Å². The van der Waals surface area contributed by atoms with Crippen LogP contribution in [0, 0.1) is 0 Å². The van der Waals surface area contributed by atoms with Crippen LogP contribution < -0.4 is 5.32 Å². The lowest BCUT2D eigenvalue weighted by Gasteiger charge is -2.32. The first-order valence-electron chi connectivity index (χ1n) is 7.47. The van der Waals surface area contributed by atoms with Crippen LogP contribution in [-0.4, -0.2) is 49.1 Å². The van der Waals surface area contributed by atoms with Gasteiger partial charge in [0.05, 0.1) is 12.7 Å². The molecule has 1 aliphatic heterocycles. The number of morpholine rings is 1. The summed E-state index contributed by atoms with van der Waals surface area (Å²) in [7, 11) is 0. The number of nitrogens with zero attached hydrogens (tertiary/aromatic N) is 1. The standard InChI is InChI=1S/C17H18N2O4/c1-2-16(20)19-7-8-22-13(11-19)10-18-17(21)15-9-12-5-3-4-6-14(12)23-15/h2-6,9,13H,1,7-8,10-11H2,(H,18,21). The van der Waals surface area contributed by atoms with Crippen molar-refractivity contribution in [2.75, 3.05) is 26.2 Å². The third-order valence-corrected chi connectivity index (χ3v) is 3.76. The van der Waals surface area contributed by atoms with Crippen molar-refractivity contribution in [1.29, 1.82) is 0 Å². The predicted molar refractivity (Wildman–Crippen MR) is 85.1 cm³/mol. The fraction of sp³-hybridized carbons (Fsp3) is 0.294. The van der Waals surface area contributed by atoms with Crippen LogP contribution in [0.5, 0.6) is 0 Å². The number of rotatable bonds is 4. The van der Waals surface area contributed by atoms with Crippen molar-refractivity contribution in [3.8, 4) is 0 Å². The quantitative estimate of drug-likeness (QED) is 0.870. The molecule has 0 saturated carbocycles. The van der Waals surface area contributed by atoms with E-state index in [-0.39, 0.29) is 23.7 Å². The van der Waals surface area contributed by atoms with Gasteiger partial charge in [0.25, 0.3) is 5.91 Å². The molecule has 1 saturated heterocycles. The largest absolute Gasteiger partial charge is 0.451 e. The van der Waals surface area contributed by atoms with Crippen LogP contribution in [0.1, 0.15) is 10.6 Å². The lowest BCUT2D eigenvalue weighted by Crippen LogP contribution is -2.49. The molecule has 3 rings (SSSR count). The number of hydrogen-bond acceptors (Lipinski definition) is 4. The SMILES string of the molecule is C=CC(=O)N1CCOC(CNC(=O)c2cc3ccccc3o2)C1. The van der Waals surface area contributed by atoms with E-state index in [2.05, 4.69) is 11.9 Å². The molecule has 1 aromatic heterocycles. The van der Waals surface area contributed by atoms with Gasteiger partial charge in [-0.1, -0.05) is 24.8 Å². The van der Waals surface area contributed by atoms with Gasteiger partial charge in [-0.2, -0.15) is 0 Å². The Labute approximate surface area is 133 Å². The lowest BCUT2D eigenvalue weighted by molar-refractivity contribution is -0.133. The van der Waals surface area contributed by atoms with Crippen molar-refractivity contribution in [2.24, 2.45) is 0 Å². The number of ether oxygens (including phenoxy) is 1. The summed E-state index contributed by atoms with van der Waals surface area (Å²) in [5, 5.41) is 3.67. The van der Waals surface area contributed by atoms with E-state index in [0.29, 0.717) is 31.8 Å². The van der Waals surface area contributed by atoms with Gasteiger partial charge >= 0.3 is 0 Å². The first-order chi connectivity index (χ1) is 11.2. The fourth-order valence-corrected chi connectivity index (χ4v) is 2.56. The van der Waals surface area contributed by atoms with E-state index in [0.717, 1.165) is 5.39 Å². The van der Waals surface area contributed by atoms with Gasteiger partial charge in [-0.25, -0.2) is 0 Å². The normalized spacial score (nSPS) is 17.9. The molecule has 6 nitrogen and oxygen atoms in total. The Morgan fingerprint density at radius 1 is 1.39 bits per heavy atom. The molecule has 2 amide bonds. The average molecular weight is 314 g/mol. The highest BCUT2D eigenvalue weighted by Gasteiger charge is 2.23. The summed E-state index contributed by atoms with van der Waals surface area (Å²) in [6, 6.07) is 9.16. The van der Waals surface area contributed by atoms with Crippen LogP contribution in [0.2, 0.25) is 0 Å². The minimum atomic E-state index is -0.294. The van der Waals surface area contributed by atoms with Crippen LogP contribution in [0.15, 0.2) is 47.4 Å². The number of carbonyl (C=O) groups is 2. The minimum Gasteiger partial charge on any atom is -0.451 e. The molecule has 0 spiro atoms. The zero-order chi connectivity index (χ0) is 16.2. The number of nitrogens with one attached hydrogen (secondary N) is 1. The minimum absolute atomic E-state index is 0.123. The van der Waals surface area contributed by atoms with Crippen molar-refractivity contribution in [3.05, 3.63) is 48.7 Å². The lowest BCUT2D eigenvalue weighted by atomic mass is 10.2. The molecule has 1 fully saturated rings. The number of hydrogen-bond donors (Lipinski definition) is 1. The van der Waals surface area contributed by atoms with Gasteiger partial charge in [-0.05, 0) is 18.2 Å². The molecule has 23 heavy (non-hydrogen) atoms. The monoisotopic (exact) mass is 314 g/mol. The molecule has 1 atom stereocenters. The Balaban J connectivity index is 1.58. The number of furan rings is 1. The molecule has 2 aromatic rings. The molecule has 0 bridgehead atoms. The molecule has 0 aliphatic carbocycles. The molecule has 1 aromatic carbocycles. The molecular weight excluding hydrogens is 296 g/mol.